The third-order valence-corrected chi connectivity index (χ3v) is 7.48. The van der Waals surface area contributed by atoms with Crippen molar-refractivity contribution in [2.24, 2.45) is 11.7 Å². The minimum atomic E-state index is -3.37. The lowest BCUT2D eigenvalue weighted by molar-refractivity contribution is -0.131. The molecule has 2 saturated heterocycles. The molecule has 6 nitrogen and oxygen atoms in total. The molecule has 1 amide bonds. The summed E-state index contributed by atoms with van der Waals surface area (Å²) in [6.07, 6.45) is 3.91. The van der Waals surface area contributed by atoms with Crippen molar-refractivity contribution in [3.05, 3.63) is 29.8 Å². The lowest BCUT2D eigenvalue weighted by Crippen LogP contribution is -2.34. The number of sulfonamides is 1. The minimum Gasteiger partial charge on any atom is -0.340 e. The highest BCUT2D eigenvalue weighted by Crippen LogP contribution is 2.24. The molecule has 2 unspecified atom stereocenters. The molecule has 2 aliphatic rings. The molecule has 2 atom stereocenters. The van der Waals surface area contributed by atoms with Gasteiger partial charge in [0.15, 0.2) is 0 Å². The number of nitrogens with zero attached hydrogens (tertiary/aromatic N) is 2. The van der Waals surface area contributed by atoms with Crippen LogP contribution < -0.4 is 5.73 Å². The number of hydrogen-bond acceptors (Lipinski definition) is 4. The molecule has 0 saturated carbocycles. The summed E-state index contributed by atoms with van der Waals surface area (Å²) in [4.78, 5) is 14.7. The van der Waals surface area contributed by atoms with Gasteiger partial charge in [-0.05, 0) is 62.8 Å². The van der Waals surface area contributed by atoms with Crippen LogP contribution in [-0.4, -0.2) is 55.8 Å². The normalized spacial score (nSPS) is 23.4. The van der Waals surface area contributed by atoms with E-state index in [4.69, 9.17) is 5.73 Å². The van der Waals surface area contributed by atoms with Crippen LogP contribution >= 0.6 is 12.4 Å². The number of likely N-dealkylation sites (tertiary alicyclic amines) is 1. The average Bonchev–Trinajstić information content (AvgIpc) is 3.30. The van der Waals surface area contributed by atoms with E-state index < -0.39 is 10.0 Å². The molecule has 0 spiro atoms. The summed E-state index contributed by atoms with van der Waals surface area (Å²) in [5.41, 5.74) is 6.71. The highest BCUT2D eigenvalue weighted by molar-refractivity contribution is 7.89. The van der Waals surface area contributed by atoms with Gasteiger partial charge < -0.3 is 10.6 Å². The zero-order chi connectivity index (χ0) is 18.7. The van der Waals surface area contributed by atoms with Gasteiger partial charge in [0.2, 0.25) is 15.9 Å². The number of hydrogen-bond donors (Lipinski definition) is 1. The number of aryl methyl sites for hydroxylation is 1. The Hall–Kier alpha value is -1.15. The molecule has 2 fully saturated rings. The third kappa shape index (κ3) is 5.02. The van der Waals surface area contributed by atoms with Gasteiger partial charge in [-0.1, -0.05) is 12.1 Å². The Morgan fingerprint density at radius 2 is 1.81 bits per heavy atom. The van der Waals surface area contributed by atoms with Crippen LogP contribution in [0.5, 0.6) is 0 Å². The van der Waals surface area contributed by atoms with E-state index >= 15 is 0 Å². The van der Waals surface area contributed by atoms with Gasteiger partial charge in [-0.3, -0.25) is 4.79 Å². The van der Waals surface area contributed by atoms with E-state index in [1.54, 1.807) is 16.4 Å². The number of halogens is 1. The second-order valence-corrected chi connectivity index (χ2v) is 9.43. The molecule has 1 aromatic rings. The van der Waals surface area contributed by atoms with Gasteiger partial charge in [0.1, 0.15) is 0 Å². The second-order valence-electron chi connectivity index (χ2n) is 7.49. The molecule has 152 valence electrons. The number of amides is 1. The van der Waals surface area contributed by atoms with E-state index in [1.807, 2.05) is 17.0 Å². The van der Waals surface area contributed by atoms with Gasteiger partial charge in [-0.15, -0.1) is 12.4 Å². The van der Waals surface area contributed by atoms with Crippen LogP contribution in [0.25, 0.3) is 0 Å². The highest BCUT2D eigenvalue weighted by Gasteiger charge is 2.31. The van der Waals surface area contributed by atoms with E-state index in [0.29, 0.717) is 43.3 Å². The summed E-state index contributed by atoms with van der Waals surface area (Å²) >= 11 is 0. The molecule has 2 aliphatic heterocycles. The first-order valence-electron chi connectivity index (χ1n) is 9.50. The van der Waals surface area contributed by atoms with Crippen LogP contribution in [0.4, 0.5) is 0 Å². The van der Waals surface area contributed by atoms with E-state index in [9.17, 15) is 13.2 Å². The molecule has 0 radical (unpaired) electrons. The molecule has 0 aliphatic carbocycles. The summed E-state index contributed by atoms with van der Waals surface area (Å²) in [6, 6.07) is 7.23. The van der Waals surface area contributed by atoms with Crippen molar-refractivity contribution in [1.29, 1.82) is 0 Å². The Kier molecular flexibility index (Phi) is 7.68. The van der Waals surface area contributed by atoms with Gasteiger partial charge in [0, 0.05) is 32.1 Å². The van der Waals surface area contributed by atoms with Gasteiger partial charge in [0.25, 0.3) is 0 Å². The average molecular weight is 416 g/mol. The molecule has 2 N–H and O–H groups in total. The molecule has 8 heteroatoms. The van der Waals surface area contributed by atoms with Crippen LogP contribution in [0.2, 0.25) is 0 Å². The maximum Gasteiger partial charge on any atom is 0.243 e. The number of nitrogens with two attached hydrogens (primary N) is 1. The molecular weight excluding hydrogens is 386 g/mol. The number of benzene rings is 1. The largest absolute Gasteiger partial charge is 0.340 e. The predicted octanol–water partition coefficient (Wildman–Crippen LogP) is 2.02. The summed E-state index contributed by atoms with van der Waals surface area (Å²) in [6.45, 7) is 4.67. The fourth-order valence-electron chi connectivity index (χ4n) is 3.96. The SMILES string of the molecule is CC1CC(CN)CN1C(=O)CCc1ccc(S(=O)(=O)N2CCCC2)cc1.Cl. The lowest BCUT2D eigenvalue weighted by Gasteiger charge is -2.21. The maximum atomic E-state index is 12.5. The zero-order valence-corrected chi connectivity index (χ0v) is 17.5. The molecule has 0 aromatic heterocycles. The fourth-order valence-corrected chi connectivity index (χ4v) is 5.48. The van der Waals surface area contributed by atoms with E-state index in [2.05, 4.69) is 6.92 Å². The van der Waals surface area contributed by atoms with Crippen molar-refractivity contribution in [3.63, 3.8) is 0 Å². The van der Waals surface area contributed by atoms with Crippen molar-refractivity contribution in [2.75, 3.05) is 26.2 Å². The minimum absolute atomic E-state index is 0. The van der Waals surface area contributed by atoms with Crippen molar-refractivity contribution in [3.8, 4) is 0 Å². The van der Waals surface area contributed by atoms with Crippen LogP contribution in [0.1, 0.15) is 38.2 Å². The van der Waals surface area contributed by atoms with E-state index in [1.165, 1.54) is 0 Å². The molecule has 1 aromatic carbocycles. The summed E-state index contributed by atoms with van der Waals surface area (Å²) < 4.78 is 26.6. The Balaban J connectivity index is 0.00000261. The first-order valence-corrected chi connectivity index (χ1v) is 10.9. The van der Waals surface area contributed by atoms with Crippen LogP contribution in [0.3, 0.4) is 0 Å². The maximum absolute atomic E-state index is 12.5. The molecule has 27 heavy (non-hydrogen) atoms. The molecular formula is C19H30ClN3O3S. The van der Waals surface area contributed by atoms with Crippen molar-refractivity contribution in [2.45, 2.75) is 50.0 Å². The van der Waals surface area contributed by atoms with E-state index in [-0.39, 0.29) is 24.4 Å². The van der Waals surface area contributed by atoms with Gasteiger partial charge in [-0.2, -0.15) is 4.31 Å². The summed E-state index contributed by atoms with van der Waals surface area (Å²) in [5, 5.41) is 0. The first-order chi connectivity index (χ1) is 12.4. The smallest absolute Gasteiger partial charge is 0.243 e. The quantitative estimate of drug-likeness (QED) is 0.770. The predicted molar refractivity (Wildman–Crippen MR) is 108 cm³/mol. The van der Waals surface area contributed by atoms with Crippen molar-refractivity contribution in [1.82, 2.24) is 9.21 Å². The zero-order valence-electron chi connectivity index (χ0n) is 15.8. The monoisotopic (exact) mass is 415 g/mol. The Labute approximate surface area is 168 Å². The lowest BCUT2D eigenvalue weighted by atomic mass is 10.1. The topological polar surface area (TPSA) is 83.7 Å². The van der Waals surface area contributed by atoms with Crippen LogP contribution in [0.15, 0.2) is 29.2 Å². The molecule has 2 heterocycles. The number of carbonyl (C=O) groups is 1. The Morgan fingerprint density at radius 3 is 2.37 bits per heavy atom. The van der Waals surface area contributed by atoms with Crippen LogP contribution in [-0.2, 0) is 21.2 Å². The number of rotatable bonds is 6. The summed E-state index contributed by atoms with van der Waals surface area (Å²) in [7, 11) is -3.37. The second kappa shape index (κ2) is 9.37. The standard InChI is InChI=1S/C19H29N3O3S.ClH/c1-15-12-17(13-20)14-22(15)19(23)9-6-16-4-7-18(8-5-16)26(24,25)21-10-2-3-11-21;/h4-5,7-8,15,17H,2-3,6,9-14,20H2,1H3;1H. The molecule has 0 bridgehead atoms. The Bertz CT molecular complexity index is 733. The van der Waals surface area contributed by atoms with Gasteiger partial charge in [0.05, 0.1) is 4.90 Å². The van der Waals surface area contributed by atoms with E-state index in [0.717, 1.165) is 31.4 Å². The van der Waals surface area contributed by atoms with Gasteiger partial charge >= 0.3 is 0 Å². The van der Waals surface area contributed by atoms with Gasteiger partial charge in [-0.25, -0.2) is 8.42 Å². The van der Waals surface area contributed by atoms with Crippen LogP contribution in [0, 0.1) is 5.92 Å². The molecule has 3 rings (SSSR count). The number of carbonyl (C=O) groups excluding carboxylic acids is 1. The summed E-state index contributed by atoms with van der Waals surface area (Å²) in [5.74, 6) is 0.561. The highest BCUT2D eigenvalue weighted by atomic mass is 35.5. The first kappa shape index (κ1) is 22.1. The fraction of sp³-hybridized carbons (Fsp3) is 0.632. The van der Waals surface area contributed by atoms with Crippen molar-refractivity contribution >= 4 is 28.3 Å². The Morgan fingerprint density at radius 1 is 1.19 bits per heavy atom. The van der Waals surface area contributed by atoms with Crippen molar-refractivity contribution < 1.29 is 13.2 Å². The third-order valence-electron chi connectivity index (χ3n) is 5.57.